The van der Waals surface area contributed by atoms with Gasteiger partial charge in [0.05, 0.1) is 0 Å². The van der Waals surface area contributed by atoms with Crippen molar-refractivity contribution >= 4 is 17.9 Å². The van der Waals surface area contributed by atoms with E-state index < -0.39 is 12.1 Å². The Kier molecular flexibility index (Phi) is 6.79. The Labute approximate surface area is 161 Å². The normalized spacial score (nSPS) is 25.6. The molecule has 28 heavy (non-hydrogen) atoms. The monoisotopic (exact) mass is 408 g/mol. The summed E-state index contributed by atoms with van der Waals surface area (Å²) in [6.07, 6.45) is -1.87. The van der Waals surface area contributed by atoms with Crippen LogP contribution in [0.3, 0.4) is 0 Å². The van der Waals surface area contributed by atoms with Crippen LogP contribution in [0.2, 0.25) is 0 Å². The SMILES string of the molecule is CN(C)C(=O)N1CCN(CC2CC2)CC2(CNC(=O)C2)C1.O=C(O)C(F)(F)F. The van der Waals surface area contributed by atoms with E-state index in [4.69, 9.17) is 9.90 Å². The molecule has 3 fully saturated rings. The summed E-state index contributed by atoms with van der Waals surface area (Å²) in [6, 6.07) is 0.0574. The van der Waals surface area contributed by atoms with Crippen LogP contribution in [0.15, 0.2) is 0 Å². The van der Waals surface area contributed by atoms with Crippen molar-refractivity contribution in [1.29, 1.82) is 0 Å². The van der Waals surface area contributed by atoms with Gasteiger partial charge in [0.2, 0.25) is 5.91 Å². The second-order valence-corrected chi connectivity index (χ2v) is 8.03. The number of urea groups is 1. The Bertz CT molecular complexity index is 610. The quantitative estimate of drug-likeness (QED) is 0.706. The van der Waals surface area contributed by atoms with Crippen LogP contribution in [0.25, 0.3) is 0 Å². The first-order valence-corrected chi connectivity index (χ1v) is 9.17. The van der Waals surface area contributed by atoms with Gasteiger partial charge in [-0.3, -0.25) is 4.79 Å². The van der Waals surface area contributed by atoms with Crippen LogP contribution in [0.1, 0.15) is 19.3 Å². The van der Waals surface area contributed by atoms with Crippen molar-refractivity contribution in [2.45, 2.75) is 25.4 Å². The molecule has 1 aliphatic carbocycles. The number of amides is 3. The maximum atomic E-state index is 12.3. The molecular formula is C17H27F3N4O4. The van der Waals surface area contributed by atoms with E-state index in [2.05, 4.69) is 10.2 Å². The van der Waals surface area contributed by atoms with Gasteiger partial charge in [0.1, 0.15) is 0 Å². The van der Waals surface area contributed by atoms with Gasteiger partial charge in [-0.15, -0.1) is 0 Å². The van der Waals surface area contributed by atoms with Crippen molar-refractivity contribution in [3.63, 3.8) is 0 Å². The summed E-state index contributed by atoms with van der Waals surface area (Å²) in [7, 11) is 3.58. The molecule has 8 nitrogen and oxygen atoms in total. The van der Waals surface area contributed by atoms with E-state index in [0.29, 0.717) is 19.5 Å². The van der Waals surface area contributed by atoms with Gasteiger partial charge in [-0.2, -0.15) is 13.2 Å². The fourth-order valence-corrected chi connectivity index (χ4v) is 3.59. The number of carbonyl (C=O) groups excluding carboxylic acids is 2. The third-order valence-electron chi connectivity index (χ3n) is 5.08. The number of hydrogen-bond acceptors (Lipinski definition) is 4. The average Bonchev–Trinajstić information content (AvgIpc) is 3.34. The minimum Gasteiger partial charge on any atom is -0.475 e. The van der Waals surface area contributed by atoms with Gasteiger partial charge in [0.25, 0.3) is 0 Å². The van der Waals surface area contributed by atoms with Crippen LogP contribution in [0.5, 0.6) is 0 Å². The van der Waals surface area contributed by atoms with Crippen molar-refractivity contribution in [2.24, 2.45) is 11.3 Å². The number of alkyl halides is 3. The van der Waals surface area contributed by atoms with Crippen LogP contribution in [0, 0.1) is 11.3 Å². The standard InChI is InChI=1S/C15H26N4O2.C2HF3O2/c1-17(2)14(21)19-6-5-18(8-12-3-4-12)10-15(11-19)7-13(20)16-9-15;3-2(4,5)1(6)7/h12H,3-11H2,1-2H3,(H,16,20);(H,6,7). The number of carbonyl (C=O) groups is 3. The predicted molar refractivity (Wildman–Crippen MR) is 93.6 cm³/mol. The van der Waals surface area contributed by atoms with Crippen molar-refractivity contribution in [1.82, 2.24) is 20.0 Å². The highest BCUT2D eigenvalue weighted by Crippen LogP contribution is 2.34. The van der Waals surface area contributed by atoms with Crippen LogP contribution in [-0.4, -0.2) is 97.3 Å². The van der Waals surface area contributed by atoms with Gasteiger partial charge in [0.15, 0.2) is 0 Å². The van der Waals surface area contributed by atoms with Crippen molar-refractivity contribution in [2.75, 3.05) is 53.4 Å². The predicted octanol–water partition coefficient (Wildman–Crippen LogP) is 0.835. The molecule has 3 amide bonds. The van der Waals surface area contributed by atoms with E-state index >= 15 is 0 Å². The topological polar surface area (TPSA) is 93.2 Å². The van der Waals surface area contributed by atoms with Gasteiger partial charge >= 0.3 is 18.2 Å². The van der Waals surface area contributed by atoms with Crippen molar-refractivity contribution < 1.29 is 32.7 Å². The van der Waals surface area contributed by atoms with Crippen LogP contribution < -0.4 is 5.32 Å². The number of nitrogens with one attached hydrogen (secondary N) is 1. The Balaban J connectivity index is 0.000000345. The minimum absolute atomic E-state index is 0.0574. The molecule has 1 atom stereocenters. The molecule has 2 saturated heterocycles. The second-order valence-electron chi connectivity index (χ2n) is 8.03. The highest BCUT2D eigenvalue weighted by atomic mass is 19.4. The first-order chi connectivity index (χ1) is 12.9. The van der Waals surface area contributed by atoms with Crippen LogP contribution in [0.4, 0.5) is 18.0 Å². The molecular weight excluding hydrogens is 381 g/mol. The number of halogens is 3. The minimum atomic E-state index is -5.08. The lowest BCUT2D eigenvalue weighted by Crippen LogP contribution is -2.47. The molecule has 1 spiro atoms. The first-order valence-electron chi connectivity index (χ1n) is 9.17. The maximum absolute atomic E-state index is 12.3. The van der Waals surface area contributed by atoms with E-state index in [0.717, 1.165) is 32.1 Å². The van der Waals surface area contributed by atoms with Crippen molar-refractivity contribution in [3.05, 3.63) is 0 Å². The van der Waals surface area contributed by atoms with Gasteiger partial charge < -0.3 is 25.1 Å². The lowest BCUT2D eigenvalue weighted by Gasteiger charge is -2.33. The van der Waals surface area contributed by atoms with E-state index in [1.165, 1.54) is 12.8 Å². The highest BCUT2D eigenvalue weighted by Gasteiger charge is 2.44. The molecule has 0 aromatic rings. The third kappa shape index (κ3) is 6.25. The lowest BCUT2D eigenvalue weighted by molar-refractivity contribution is -0.192. The molecule has 0 radical (unpaired) electrons. The molecule has 160 valence electrons. The fourth-order valence-electron chi connectivity index (χ4n) is 3.59. The summed E-state index contributed by atoms with van der Waals surface area (Å²) in [5.41, 5.74) is -0.103. The Morgan fingerprint density at radius 3 is 2.29 bits per heavy atom. The molecule has 2 aliphatic heterocycles. The van der Waals surface area contributed by atoms with Crippen molar-refractivity contribution in [3.8, 4) is 0 Å². The largest absolute Gasteiger partial charge is 0.490 e. The zero-order valence-corrected chi connectivity index (χ0v) is 16.1. The number of rotatable bonds is 2. The summed E-state index contributed by atoms with van der Waals surface area (Å²) >= 11 is 0. The molecule has 0 aromatic carbocycles. The van der Waals surface area contributed by atoms with Gasteiger partial charge in [-0.25, -0.2) is 9.59 Å². The average molecular weight is 408 g/mol. The van der Waals surface area contributed by atoms with Crippen LogP contribution >= 0.6 is 0 Å². The number of carboxylic acid groups (broad SMARTS) is 1. The van der Waals surface area contributed by atoms with Gasteiger partial charge in [-0.05, 0) is 18.8 Å². The molecule has 0 aromatic heterocycles. The summed E-state index contributed by atoms with van der Waals surface area (Å²) in [5, 5.41) is 10.1. The number of aliphatic carboxylic acids is 1. The first kappa shape index (κ1) is 22.3. The van der Waals surface area contributed by atoms with Crippen LogP contribution in [-0.2, 0) is 9.59 Å². The smallest absolute Gasteiger partial charge is 0.475 e. The zero-order chi connectivity index (χ0) is 21.1. The van der Waals surface area contributed by atoms with E-state index in [1.54, 1.807) is 19.0 Å². The Hall–Kier alpha value is -2.04. The molecule has 0 bridgehead atoms. The molecule has 2 N–H and O–H groups in total. The number of nitrogens with zero attached hydrogens (tertiary/aromatic N) is 3. The van der Waals surface area contributed by atoms with E-state index in [9.17, 15) is 22.8 Å². The summed E-state index contributed by atoms with van der Waals surface area (Å²) in [5.74, 6) is -1.80. The Morgan fingerprint density at radius 1 is 1.25 bits per heavy atom. The fraction of sp³-hybridized carbons (Fsp3) is 0.824. The summed E-state index contributed by atoms with van der Waals surface area (Å²) < 4.78 is 31.7. The Morgan fingerprint density at radius 2 is 1.86 bits per heavy atom. The molecule has 2 heterocycles. The van der Waals surface area contributed by atoms with Gasteiger partial charge in [0, 0.05) is 65.2 Å². The van der Waals surface area contributed by atoms with E-state index in [1.807, 2.05) is 4.90 Å². The molecule has 11 heteroatoms. The highest BCUT2D eigenvalue weighted by molar-refractivity contribution is 5.80. The molecule has 3 aliphatic rings. The van der Waals surface area contributed by atoms with Gasteiger partial charge in [-0.1, -0.05) is 0 Å². The second kappa shape index (κ2) is 8.54. The number of carboxylic acids is 1. The summed E-state index contributed by atoms with van der Waals surface area (Å²) in [6.45, 7) is 5.12. The number of hydrogen-bond donors (Lipinski definition) is 2. The third-order valence-corrected chi connectivity index (χ3v) is 5.08. The summed E-state index contributed by atoms with van der Waals surface area (Å²) in [4.78, 5) is 39.0. The zero-order valence-electron chi connectivity index (χ0n) is 16.1. The van der Waals surface area contributed by atoms with E-state index in [-0.39, 0.29) is 17.4 Å². The molecule has 1 unspecified atom stereocenters. The molecule has 1 saturated carbocycles. The maximum Gasteiger partial charge on any atom is 0.490 e. The lowest BCUT2D eigenvalue weighted by atomic mass is 9.86. The molecule has 3 rings (SSSR count).